The number of aryl methyl sites for hydroxylation is 3. The van der Waals surface area contributed by atoms with E-state index in [4.69, 9.17) is 9.47 Å². The van der Waals surface area contributed by atoms with Crippen LogP contribution in [0.15, 0.2) is 30.3 Å². The molecule has 0 fully saturated rings. The van der Waals surface area contributed by atoms with Crippen LogP contribution in [0.1, 0.15) is 17.0 Å². The average Bonchev–Trinajstić information content (AvgIpc) is 2.47. The molecule has 4 nitrogen and oxygen atoms in total. The van der Waals surface area contributed by atoms with Gasteiger partial charge in [0, 0.05) is 19.4 Å². The summed E-state index contributed by atoms with van der Waals surface area (Å²) in [5.41, 5.74) is 3.02. The molecule has 2 aromatic rings. The molecule has 0 aliphatic rings. The molecule has 0 radical (unpaired) electrons. The van der Waals surface area contributed by atoms with E-state index < -0.39 is 0 Å². The Morgan fingerprint density at radius 3 is 2.45 bits per heavy atom. The zero-order valence-electron chi connectivity index (χ0n) is 12.1. The molecule has 0 aliphatic carbocycles. The maximum Gasteiger partial charge on any atom is 0.222 e. The highest BCUT2D eigenvalue weighted by atomic mass is 16.5. The number of nitrogens with one attached hydrogen (secondary N) is 1. The summed E-state index contributed by atoms with van der Waals surface area (Å²) in [6.45, 7) is 1.97. The van der Waals surface area contributed by atoms with E-state index in [1.54, 1.807) is 20.3 Å². The van der Waals surface area contributed by atoms with Gasteiger partial charge in [0.05, 0.1) is 14.2 Å². The lowest BCUT2D eigenvalue weighted by Gasteiger charge is -2.09. The number of benzene rings is 1. The van der Waals surface area contributed by atoms with Crippen molar-refractivity contribution in [3.63, 3.8) is 0 Å². The van der Waals surface area contributed by atoms with E-state index in [1.807, 2.05) is 31.2 Å². The summed E-state index contributed by atoms with van der Waals surface area (Å²) in [6, 6.07) is 9.44. The van der Waals surface area contributed by atoms with Gasteiger partial charge in [-0.3, -0.25) is 0 Å². The zero-order valence-corrected chi connectivity index (χ0v) is 12.1. The highest BCUT2D eigenvalue weighted by Crippen LogP contribution is 2.28. The fourth-order valence-corrected chi connectivity index (χ4v) is 2.14. The van der Waals surface area contributed by atoms with Crippen molar-refractivity contribution in [1.29, 1.82) is 0 Å². The Bertz CT molecular complexity index is 596. The van der Waals surface area contributed by atoms with Gasteiger partial charge in [0.25, 0.3) is 0 Å². The molecule has 1 aromatic heterocycles. The first-order valence-corrected chi connectivity index (χ1v) is 6.55. The van der Waals surface area contributed by atoms with E-state index in [9.17, 15) is 5.11 Å². The summed E-state index contributed by atoms with van der Waals surface area (Å²) in [5, 5.41) is 9.82. The van der Waals surface area contributed by atoms with Crippen LogP contribution in [-0.4, -0.2) is 19.3 Å². The second-order valence-corrected chi connectivity index (χ2v) is 4.69. The molecule has 2 rings (SSSR count). The van der Waals surface area contributed by atoms with Gasteiger partial charge in [-0.1, -0.05) is 6.07 Å². The third-order valence-corrected chi connectivity index (χ3v) is 3.26. The number of rotatable bonds is 5. The Hall–Kier alpha value is -2.23. The largest absolute Gasteiger partial charge is 0.503 e. The van der Waals surface area contributed by atoms with Crippen LogP contribution in [0, 0.1) is 6.92 Å². The minimum Gasteiger partial charge on any atom is -0.503 e. The van der Waals surface area contributed by atoms with Gasteiger partial charge in [-0.15, -0.1) is 0 Å². The molecule has 1 aromatic carbocycles. The Morgan fingerprint density at radius 2 is 1.75 bits per heavy atom. The van der Waals surface area contributed by atoms with E-state index in [2.05, 4.69) is 4.98 Å². The first kappa shape index (κ1) is 14.2. The monoisotopic (exact) mass is 274 g/mol. The maximum atomic E-state index is 9.82. The van der Waals surface area contributed by atoms with Crippen molar-refractivity contribution in [1.82, 2.24) is 0 Å². The standard InChI is InChI=1S/C16H19NO3/c1-11-4-8-14(18)13(17-11)7-5-12-6-9-15(19-2)16(10-12)20-3/h4,6,8-10,18H,5,7H2,1-3H3/p+1. The summed E-state index contributed by atoms with van der Waals surface area (Å²) in [6.07, 6.45) is 1.55. The first-order valence-electron chi connectivity index (χ1n) is 6.55. The number of hydrogen-bond acceptors (Lipinski definition) is 3. The van der Waals surface area contributed by atoms with Gasteiger partial charge in [-0.05, 0) is 30.2 Å². The van der Waals surface area contributed by atoms with Crippen molar-refractivity contribution in [2.24, 2.45) is 0 Å². The van der Waals surface area contributed by atoms with E-state index in [-0.39, 0.29) is 0 Å². The second-order valence-electron chi connectivity index (χ2n) is 4.69. The fraction of sp³-hybridized carbons (Fsp3) is 0.312. The van der Waals surface area contributed by atoms with Crippen LogP contribution in [0.3, 0.4) is 0 Å². The number of methoxy groups -OCH3 is 2. The van der Waals surface area contributed by atoms with Crippen molar-refractivity contribution in [3.05, 3.63) is 47.3 Å². The molecular formula is C16H20NO3+. The van der Waals surface area contributed by atoms with Crippen molar-refractivity contribution >= 4 is 0 Å². The number of hydrogen-bond donors (Lipinski definition) is 1. The predicted octanol–water partition coefficient (Wildman–Crippen LogP) is 2.32. The van der Waals surface area contributed by atoms with Gasteiger partial charge in [-0.25, -0.2) is 4.98 Å². The minimum absolute atomic E-state index is 0.302. The van der Waals surface area contributed by atoms with Crippen LogP contribution in [0.2, 0.25) is 0 Å². The van der Waals surface area contributed by atoms with Crippen molar-refractivity contribution in [3.8, 4) is 17.2 Å². The van der Waals surface area contributed by atoms with Crippen molar-refractivity contribution < 1.29 is 19.6 Å². The minimum atomic E-state index is 0.302. The summed E-state index contributed by atoms with van der Waals surface area (Å²) in [4.78, 5) is 3.19. The first-order chi connectivity index (χ1) is 9.63. The van der Waals surface area contributed by atoms with E-state index in [0.717, 1.165) is 41.3 Å². The smallest absolute Gasteiger partial charge is 0.222 e. The molecule has 2 N–H and O–H groups in total. The summed E-state index contributed by atoms with van der Waals surface area (Å²) in [5.74, 6) is 1.75. The number of aromatic nitrogens is 1. The van der Waals surface area contributed by atoms with Crippen molar-refractivity contribution in [2.45, 2.75) is 19.8 Å². The van der Waals surface area contributed by atoms with Gasteiger partial charge in [-0.2, -0.15) is 0 Å². The molecule has 20 heavy (non-hydrogen) atoms. The molecule has 0 amide bonds. The Balaban J connectivity index is 2.12. The molecule has 0 bridgehead atoms. The molecule has 1 heterocycles. The topological polar surface area (TPSA) is 52.8 Å². The quantitative estimate of drug-likeness (QED) is 0.910. The number of aromatic amines is 1. The van der Waals surface area contributed by atoms with Gasteiger partial charge in [0.1, 0.15) is 0 Å². The molecule has 106 valence electrons. The van der Waals surface area contributed by atoms with Gasteiger partial charge < -0.3 is 14.6 Å². The number of H-pyrrole nitrogens is 1. The van der Waals surface area contributed by atoms with E-state index in [1.165, 1.54) is 0 Å². The lowest BCUT2D eigenvalue weighted by Crippen LogP contribution is -2.15. The van der Waals surface area contributed by atoms with Crippen LogP contribution in [0.4, 0.5) is 0 Å². The second kappa shape index (κ2) is 6.28. The lowest BCUT2D eigenvalue weighted by atomic mass is 10.1. The maximum absolute atomic E-state index is 9.82. The predicted molar refractivity (Wildman–Crippen MR) is 76.4 cm³/mol. The lowest BCUT2D eigenvalue weighted by molar-refractivity contribution is -0.400. The molecule has 0 saturated heterocycles. The Kier molecular flexibility index (Phi) is 4.45. The Labute approximate surface area is 119 Å². The SMILES string of the molecule is COc1ccc(CCc2[nH+]c(C)ccc2O)cc1OC. The molecule has 0 unspecified atom stereocenters. The fourth-order valence-electron chi connectivity index (χ4n) is 2.14. The number of ether oxygens (including phenoxy) is 2. The van der Waals surface area contributed by atoms with Gasteiger partial charge in [0.2, 0.25) is 5.69 Å². The molecular weight excluding hydrogens is 254 g/mol. The van der Waals surface area contributed by atoms with Gasteiger partial charge in [0.15, 0.2) is 22.9 Å². The third-order valence-electron chi connectivity index (χ3n) is 3.26. The van der Waals surface area contributed by atoms with Crippen LogP contribution in [-0.2, 0) is 12.8 Å². The van der Waals surface area contributed by atoms with Gasteiger partial charge >= 0.3 is 0 Å². The highest BCUT2D eigenvalue weighted by molar-refractivity contribution is 5.43. The highest BCUT2D eigenvalue weighted by Gasteiger charge is 2.11. The molecule has 0 atom stereocenters. The van der Waals surface area contributed by atoms with Crippen molar-refractivity contribution in [2.75, 3.05) is 14.2 Å². The van der Waals surface area contributed by atoms with Crippen LogP contribution >= 0.6 is 0 Å². The number of aromatic hydroxyl groups is 1. The van der Waals surface area contributed by atoms with Crippen LogP contribution in [0.5, 0.6) is 17.2 Å². The van der Waals surface area contributed by atoms with Crippen LogP contribution in [0.25, 0.3) is 0 Å². The van der Waals surface area contributed by atoms with E-state index >= 15 is 0 Å². The Morgan fingerprint density at radius 1 is 1.00 bits per heavy atom. The molecule has 0 spiro atoms. The zero-order chi connectivity index (χ0) is 14.5. The molecule has 0 aliphatic heterocycles. The number of pyridine rings is 1. The summed E-state index contributed by atoms with van der Waals surface area (Å²) >= 11 is 0. The average molecular weight is 274 g/mol. The van der Waals surface area contributed by atoms with Crippen LogP contribution < -0.4 is 14.5 Å². The molecule has 4 heteroatoms. The third kappa shape index (κ3) is 3.20. The van der Waals surface area contributed by atoms with E-state index in [0.29, 0.717) is 5.75 Å². The normalized spacial score (nSPS) is 10.3. The molecule has 0 saturated carbocycles. The summed E-state index contributed by atoms with van der Waals surface area (Å²) < 4.78 is 10.5. The summed E-state index contributed by atoms with van der Waals surface area (Å²) in [7, 11) is 3.25.